The number of aryl methyl sites for hydroxylation is 2. The number of nitrogens with one attached hydrogen (secondary N) is 1. The summed E-state index contributed by atoms with van der Waals surface area (Å²) in [7, 11) is -3.43. The number of rotatable bonds is 6. The van der Waals surface area contributed by atoms with E-state index in [2.05, 4.69) is 40.8 Å². The third-order valence-electron chi connectivity index (χ3n) is 5.15. The van der Waals surface area contributed by atoms with Crippen molar-refractivity contribution in [1.29, 1.82) is 0 Å². The van der Waals surface area contributed by atoms with Crippen molar-refractivity contribution in [2.24, 2.45) is 5.92 Å². The van der Waals surface area contributed by atoms with Crippen molar-refractivity contribution < 1.29 is 8.42 Å². The molecule has 2 aromatic rings. The minimum Gasteiger partial charge on any atom is -0.299 e. The predicted molar refractivity (Wildman–Crippen MR) is 106 cm³/mol. The maximum absolute atomic E-state index is 12.5. The Balaban J connectivity index is 1.56. The molecule has 140 valence electrons. The number of sulfonamides is 1. The van der Waals surface area contributed by atoms with Crippen molar-refractivity contribution in [3.05, 3.63) is 65.2 Å². The fourth-order valence-electron chi connectivity index (χ4n) is 3.52. The first-order chi connectivity index (χ1) is 12.4. The highest BCUT2D eigenvalue weighted by Crippen LogP contribution is 2.20. The normalized spacial score (nSPS) is 18.8. The summed E-state index contributed by atoms with van der Waals surface area (Å²) in [4.78, 5) is 2.78. The van der Waals surface area contributed by atoms with Gasteiger partial charge < -0.3 is 0 Å². The summed E-state index contributed by atoms with van der Waals surface area (Å²) in [5.74, 6) is 0.355. The second-order valence-corrected chi connectivity index (χ2v) is 9.10. The Morgan fingerprint density at radius 1 is 1.08 bits per heavy atom. The van der Waals surface area contributed by atoms with Crippen molar-refractivity contribution >= 4 is 10.0 Å². The molecule has 0 aromatic heterocycles. The molecule has 0 saturated carbocycles. The summed E-state index contributed by atoms with van der Waals surface area (Å²) in [5, 5.41) is 0. The van der Waals surface area contributed by atoms with E-state index in [1.165, 1.54) is 11.1 Å². The van der Waals surface area contributed by atoms with Crippen molar-refractivity contribution in [3.63, 3.8) is 0 Å². The third kappa shape index (κ3) is 4.93. The lowest BCUT2D eigenvalue weighted by atomic mass is 9.97. The molecule has 0 radical (unpaired) electrons. The summed E-state index contributed by atoms with van der Waals surface area (Å²) < 4.78 is 27.8. The average molecular weight is 373 g/mol. The second-order valence-electron chi connectivity index (χ2n) is 7.33. The topological polar surface area (TPSA) is 49.4 Å². The van der Waals surface area contributed by atoms with Crippen molar-refractivity contribution in [1.82, 2.24) is 9.62 Å². The molecular weight excluding hydrogens is 344 g/mol. The molecule has 0 amide bonds. The molecule has 1 aliphatic heterocycles. The summed E-state index contributed by atoms with van der Waals surface area (Å²) in [6.07, 6.45) is 2.18. The summed E-state index contributed by atoms with van der Waals surface area (Å²) in [6.45, 7) is 7.55. The van der Waals surface area contributed by atoms with E-state index in [1.807, 2.05) is 19.1 Å². The first kappa shape index (κ1) is 19.1. The maximum atomic E-state index is 12.5. The van der Waals surface area contributed by atoms with Crippen LogP contribution in [0, 0.1) is 19.8 Å². The van der Waals surface area contributed by atoms with Crippen LogP contribution in [0.3, 0.4) is 0 Å². The van der Waals surface area contributed by atoms with Gasteiger partial charge in [0, 0.05) is 19.6 Å². The summed E-state index contributed by atoms with van der Waals surface area (Å²) in [5.41, 5.74) is 3.73. The van der Waals surface area contributed by atoms with Gasteiger partial charge in [0.1, 0.15) is 0 Å². The van der Waals surface area contributed by atoms with E-state index in [1.54, 1.807) is 12.1 Å². The fourth-order valence-corrected chi connectivity index (χ4v) is 4.63. The van der Waals surface area contributed by atoms with E-state index in [0.717, 1.165) is 38.0 Å². The monoisotopic (exact) mass is 372 g/mol. The molecule has 1 aliphatic rings. The Morgan fingerprint density at radius 2 is 1.81 bits per heavy atom. The molecule has 0 bridgehead atoms. The fraction of sp³-hybridized carbons (Fsp3) is 0.429. The summed E-state index contributed by atoms with van der Waals surface area (Å²) >= 11 is 0. The van der Waals surface area contributed by atoms with Crippen LogP contribution >= 0.6 is 0 Å². The number of likely N-dealkylation sites (tertiary alicyclic amines) is 1. The maximum Gasteiger partial charge on any atom is 0.240 e. The quantitative estimate of drug-likeness (QED) is 0.844. The zero-order valence-corrected chi connectivity index (χ0v) is 16.4. The minimum atomic E-state index is -3.43. The first-order valence-corrected chi connectivity index (χ1v) is 10.8. The van der Waals surface area contributed by atoms with Gasteiger partial charge in [0.15, 0.2) is 0 Å². The molecule has 26 heavy (non-hydrogen) atoms. The molecule has 1 saturated heterocycles. The van der Waals surface area contributed by atoms with E-state index in [0.29, 0.717) is 17.4 Å². The van der Waals surface area contributed by atoms with Crippen molar-refractivity contribution in [3.8, 4) is 0 Å². The van der Waals surface area contributed by atoms with E-state index >= 15 is 0 Å². The highest BCUT2D eigenvalue weighted by molar-refractivity contribution is 7.89. The molecular formula is C21H28N2O2S. The number of piperidine rings is 1. The molecule has 4 nitrogen and oxygen atoms in total. The number of benzene rings is 2. The molecule has 5 heteroatoms. The van der Waals surface area contributed by atoms with Gasteiger partial charge in [0.05, 0.1) is 4.90 Å². The van der Waals surface area contributed by atoms with Gasteiger partial charge in [-0.05, 0) is 62.4 Å². The highest BCUT2D eigenvalue weighted by Gasteiger charge is 2.22. The van der Waals surface area contributed by atoms with Crippen LogP contribution in [0.5, 0.6) is 0 Å². The lowest BCUT2D eigenvalue weighted by Gasteiger charge is -2.33. The van der Waals surface area contributed by atoms with Gasteiger partial charge in [-0.3, -0.25) is 4.90 Å². The Kier molecular flexibility index (Phi) is 6.12. The lowest BCUT2D eigenvalue weighted by Crippen LogP contribution is -2.40. The van der Waals surface area contributed by atoms with Gasteiger partial charge in [0.2, 0.25) is 10.0 Å². The van der Waals surface area contributed by atoms with E-state index in [4.69, 9.17) is 0 Å². The van der Waals surface area contributed by atoms with Gasteiger partial charge in [-0.2, -0.15) is 0 Å². The summed E-state index contributed by atoms with van der Waals surface area (Å²) in [6, 6.07) is 15.5. The second kappa shape index (κ2) is 8.33. The predicted octanol–water partition coefficient (Wildman–Crippen LogP) is 3.49. The molecule has 1 N–H and O–H groups in total. The third-order valence-corrected chi connectivity index (χ3v) is 6.59. The Bertz CT molecular complexity index is 831. The first-order valence-electron chi connectivity index (χ1n) is 9.27. The number of nitrogens with zero attached hydrogens (tertiary/aromatic N) is 1. The van der Waals surface area contributed by atoms with Crippen LogP contribution in [0.1, 0.15) is 29.5 Å². The molecule has 3 rings (SSSR count). The van der Waals surface area contributed by atoms with Crippen molar-refractivity contribution in [2.45, 2.75) is 38.1 Å². The lowest BCUT2D eigenvalue weighted by molar-refractivity contribution is 0.168. The molecule has 1 atom stereocenters. The van der Waals surface area contributed by atoms with Crippen molar-refractivity contribution in [2.75, 3.05) is 19.6 Å². The van der Waals surface area contributed by atoms with Gasteiger partial charge in [0.25, 0.3) is 0 Å². The minimum absolute atomic E-state index is 0.343. The SMILES string of the molecule is Cc1ccc(S(=O)(=O)NCC2CCCN(Cc3ccccc3C)C2)cc1. The largest absolute Gasteiger partial charge is 0.299 e. The van der Waals surface area contributed by atoms with Crippen LogP contribution in [-0.2, 0) is 16.6 Å². The molecule has 1 unspecified atom stereocenters. The standard InChI is InChI=1S/C21H28N2O2S/c1-17-9-11-21(12-10-17)26(24,25)22-14-19-7-5-13-23(15-19)16-20-8-4-3-6-18(20)2/h3-4,6,8-12,19,22H,5,7,13-16H2,1-2H3. The van der Waals surface area contributed by atoms with Crippen LogP contribution in [0.2, 0.25) is 0 Å². The molecule has 2 aromatic carbocycles. The molecule has 1 fully saturated rings. The van der Waals surface area contributed by atoms with E-state index < -0.39 is 10.0 Å². The van der Waals surface area contributed by atoms with Crippen LogP contribution in [0.25, 0.3) is 0 Å². The van der Waals surface area contributed by atoms with E-state index in [9.17, 15) is 8.42 Å². The van der Waals surface area contributed by atoms with Crippen LogP contribution in [-0.4, -0.2) is 33.0 Å². The Morgan fingerprint density at radius 3 is 2.54 bits per heavy atom. The zero-order chi connectivity index (χ0) is 18.6. The Labute approximate surface area is 157 Å². The number of hydrogen-bond acceptors (Lipinski definition) is 3. The highest BCUT2D eigenvalue weighted by atomic mass is 32.2. The Hall–Kier alpha value is -1.69. The van der Waals surface area contributed by atoms with Crippen LogP contribution in [0.15, 0.2) is 53.4 Å². The van der Waals surface area contributed by atoms with Gasteiger partial charge >= 0.3 is 0 Å². The van der Waals surface area contributed by atoms with Crippen LogP contribution < -0.4 is 4.72 Å². The average Bonchev–Trinajstić information content (AvgIpc) is 2.63. The van der Waals surface area contributed by atoms with Gasteiger partial charge in [-0.25, -0.2) is 13.1 Å². The zero-order valence-electron chi connectivity index (χ0n) is 15.6. The van der Waals surface area contributed by atoms with Gasteiger partial charge in [-0.15, -0.1) is 0 Å². The smallest absolute Gasteiger partial charge is 0.240 e. The number of hydrogen-bond donors (Lipinski definition) is 1. The van der Waals surface area contributed by atoms with Gasteiger partial charge in [-0.1, -0.05) is 42.0 Å². The molecule has 0 aliphatic carbocycles. The molecule has 1 heterocycles. The van der Waals surface area contributed by atoms with Crippen LogP contribution in [0.4, 0.5) is 0 Å². The molecule has 0 spiro atoms. The van der Waals surface area contributed by atoms with E-state index in [-0.39, 0.29) is 0 Å².